The highest BCUT2D eigenvalue weighted by molar-refractivity contribution is 5.91. The molecule has 0 aliphatic rings. The van der Waals surface area contributed by atoms with Crippen molar-refractivity contribution in [3.63, 3.8) is 0 Å². The van der Waals surface area contributed by atoms with Crippen LogP contribution in [0.4, 0.5) is 5.69 Å². The average molecular weight is 291 g/mol. The van der Waals surface area contributed by atoms with E-state index in [-0.39, 0.29) is 5.91 Å². The molecule has 21 heavy (non-hydrogen) atoms. The first-order chi connectivity index (χ1) is 9.85. The molecule has 2 unspecified atom stereocenters. The Kier molecular flexibility index (Phi) is 6.40. The van der Waals surface area contributed by atoms with E-state index in [0.717, 1.165) is 12.0 Å². The lowest BCUT2D eigenvalue weighted by Gasteiger charge is -2.18. The molecular formula is C17H25NO3. The number of carbonyl (C=O) groups excluding carboxylic acids is 1. The van der Waals surface area contributed by atoms with Gasteiger partial charge in [-0.15, -0.1) is 0 Å². The van der Waals surface area contributed by atoms with E-state index < -0.39 is 11.9 Å². The second-order valence-corrected chi connectivity index (χ2v) is 5.85. The molecule has 0 aliphatic carbocycles. The fraction of sp³-hybridized carbons (Fsp3) is 0.529. The average Bonchev–Trinajstić information content (AvgIpc) is 2.44. The largest absolute Gasteiger partial charge is 0.481 e. The first kappa shape index (κ1) is 17.2. The van der Waals surface area contributed by atoms with E-state index in [1.54, 1.807) is 31.2 Å². The molecular weight excluding hydrogens is 266 g/mol. The Balaban J connectivity index is 2.63. The molecule has 1 aromatic carbocycles. The minimum atomic E-state index is -0.852. The number of carbonyl (C=O) groups is 2. The third-order valence-electron chi connectivity index (χ3n) is 3.98. The van der Waals surface area contributed by atoms with E-state index in [9.17, 15) is 9.59 Å². The summed E-state index contributed by atoms with van der Waals surface area (Å²) in [5.41, 5.74) is 1.44. The van der Waals surface area contributed by atoms with Gasteiger partial charge in [-0.1, -0.05) is 39.3 Å². The van der Waals surface area contributed by atoms with Crippen LogP contribution in [0.5, 0.6) is 0 Å². The standard InChI is InChI=1S/C17H25NO3/c1-5-13(11(2)3)10-16(19)18-15-8-6-14(7-9-15)12(4)17(20)21/h6-9,11-13H,5,10H2,1-4H3,(H,18,19)(H,20,21). The molecule has 0 fully saturated rings. The van der Waals surface area contributed by atoms with Crippen LogP contribution >= 0.6 is 0 Å². The third-order valence-corrected chi connectivity index (χ3v) is 3.98. The van der Waals surface area contributed by atoms with Gasteiger partial charge in [0.1, 0.15) is 0 Å². The summed E-state index contributed by atoms with van der Waals surface area (Å²) in [5.74, 6) is -0.514. The molecule has 0 heterocycles. The van der Waals surface area contributed by atoms with Gasteiger partial charge >= 0.3 is 5.97 Å². The maximum absolute atomic E-state index is 12.0. The number of carboxylic acids is 1. The summed E-state index contributed by atoms with van der Waals surface area (Å²) in [6.45, 7) is 8.00. The van der Waals surface area contributed by atoms with Crippen molar-refractivity contribution in [3.05, 3.63) is 29.8 Å². The molecule has 0 saturated carbocycles. The summed E-state index contributed by atoms with van der Waals surface area (Å²) in [6.07, 6.45) is 1.50. The molecule has 1 rings (SSSR count). The summed E-state index contributed by atoms with van der Waals surface area (Å²) in [6, 6.07) is 6.99. The van der Waals surface area contributed by atoms with Gasteiger partial charge in [0, 0.05) is 12.1 Å². The molecule has 2 atom stereocenters. The first-order valence-corrected chi connectivity index (χ1v) is 7.47. The zero-order valence-corrected chi connectivity index (χ0v) is 13.2. The van der Waals surface area contributed by atoms with Crippen molar-refractivity contribution in [2.75, 3.05) is 5.32 Å². The zero-order chi connectivity index (χ0) is 16.0. The first-order valence-electron chi connectivity index (χ1n) is 7.47. The molecule has 4 heteroatoms. The van der Waals surface area contributed by atoms with Gasteiger partial charge in [-0.05, 0) is 36.5 Å². The number of anilines is 1. The van der Waals surface area contributed by atoms with Crippen LogP contribution in [0.2, 0.25) is 0 Å². The van der Waals surface area contributed by atoms with Crippen LogP contribution < -0.4 is 5.32 Å². The summed E-state index contributed by atoms with van der Waals surface area (Å²) in [5, 5.41) is 11.8. The molecule has 0 aromatic heterocycles. The minimum absolute atomic E-state index is 0.00887. The maximum atomic E-state index is 12.0. The van der Waals surface area contributed by atoms with E-state index in [2.05, 4.69) is 26.1 Å². The highest BCUT2D eigenvalue weighted by Gasteiger charge is 2.16. The molecule has 4 nitrogen and oxygen atoms in total. The highest BCUT2D eigenvalue weighted by atomic mass is 16.4. The van der Waals surface area contributed by atoms with Crippen LogP contribution in [0, 0.1) is 11.8 Å². The highest BCUT2D eigenvalue weighted by Crippen LogP contribution is 2.21. The fourth-order valence-electron chi connectivity index (χ4n) is 2.30. The number of hydrogen-bond acceptors (Lipinski definition) is 2. The second kappa shape index (κ2) is 7.81. The number of carboxylic acid groups (broad SMARTS) is 1. The topological polar surface area (TPSA) is 66.4 Å². The van der Waals surface area contributed by atoms with E-state index >= 15 is 0 Å². The van der Waals surface area contributed by atoms with Crippen LogP contribution in [0.3, 0.4) is 0 Å². The van der Waals surface area contributed by atoms with Gasteiger partial charge in [0.05, 0.1) is 5.92 Å². The van der Waals surface area contributed by atoms with Crippen molar-refractivity contribution in [2.45, 2.75) is 46.5 Å². The Labute approximate surface area is 126 Å². The SMILES string of the molecule is CCC(CC(=O)Nc1ccc(C(C)C(=O)O)cc1)C(C)C. The monoisotopic (exact) mass is 291 g/mol. The molecule has 0 radical (unpaired) electrons. The normalized spacial score (nSPS) is 13.8. The van der Waals surface area contributed by atoms with Crippen LogP contribution in [0.25, 0.3) is 0 Å². The van der Waals surface area contributed by atoms with Crippen LogP contribution in [0.15, 0.2) is 24.3 Å². The van der Waals surface area contributed by atoms with Gasteiger partial charge in [0.25, 0.3) is 0 Å². The van der Waals surface area contributed by atoms with E-state index in [4.69, 9.17) is 5.11 Å². The fourth-order valence-corrected chi connectivity index (χ4v) is 2.30. The molecule has 116 valence electrons. The quantitative estimate of drug-likeness (QED) is 0.801. The Hall–Kier alpha value is -1.84. The number of aliphatic carboxylic acids is 1. The van der Waals surface area contributed by atoms with Crippen molar-refractivity contribution >= 4 is 17.6 Å². The number of hydrogen-bond donors (Lipinski definition) is 2. The summed E-state index contributed by atoms with van der Waals surface area (Å²) >= 11 is 0. The van der Waals surface area contributed by atoms with Crippen LogP contribution in [-0.4, -0.2) is 17.0 Å². The van der Waals surface area contributed by atoms with Crippen molar-refractivity contribution in [1.82, 2.24) is 0 Å². The molecule has 0 spiro atoms. The van der Waals surface area contributed by atoms with Gasteiger partial charge in [-0.2, -0.15) is 0 Å². The number of rotatable bonds is 7. The lowest BCUT2D eigenvalue weighted by Crippen LogP contribution is -2.19. The van der Waals surface area contributed by atoms with Crippen molar-refractivity contribution in [2.24, 2.45) is 11.8 Å². The molecule has 1 aromatic rings. The van der Waals surface area contributed by atoms with Crippen molar-refractivity contribution < 1.29 is 14.7 Å². The van der Waals surface area contributed by atoms with Gasteiger partial charge in [-0.3, -0.25) is 9.59 Å². The number of nitrogens with one attached hydrogen (secondary N) is 1. The van der Waals surface area contributed by atoms with Gasteiger partial charge in [0.2, 0.25) is 5.91 Å². The third kappa shape index (κ3) is 5.21. The van der Waals surface area contributed by atoms with Crippen molar-refractivity contribution in [1.29, 1.82) is 0 Å². The predicted octanol–water partition coefficient (Wildman–Crippen LogP) is 3.89. The lowest BCUT2D eigenvalue weighted by molar-refractivity contribution is -0.138. The Morgan fingerprint density at radius 2 is 1.71 bits per heavy atom. The lowest BCUT2D eigenvalue weighted by atomic mass is 9.90. The van der Waals surface area contributed by atoms with Crippen LogP contribution in [-0.2, 0) is 9.59 Å². The second-order valence-electron chi connectivity index (χ2n) is 5.85. The summed E-state index contributed by atoms with van der Waals surface area (Å²) in [4.78, 5) is 22.9. The van der Waals surface area contributed by atoms with Gasteiger partial charge in [-0.25, -0.2) is 0 Å². The Bertz CT molecular complexity index is 479. The Morgan fingerprint density at radius 3 is 2.14 bits per heavy atom. The molecule has 0 aliphatic heterocycles. The van der Waals surface area contributed by atoms with Gasteiger partial charge < -0.3 is 10.4 Å². The molecule has 0 saturated heterocycles. The van der Waals surface area contributed by atoms with Crippen molar-refractivity contribution in [3.8, 4) is 0 Å². The van der Waals surface area contributed by atoms with E-state index in [1.165, 1.54) is 0 Å². The maximum Gasteiger partial charge on any atom is 0.310 e. The number of benzene rings is 1. The number of amides is 1. The molecule has 2 N–H and O–H groups in total. The summed E-state index contributed by atoms with van der Waals surface area (Å²) < 4.78 is 0. The van der Waals surface area contributed by atoms with Gasteiger partial charge in [0.15, 0.2) is 0 Å². The minimum Gasteiger partial charge on any atom is -0.481 e. The molecule has 0 bridgehead atoms. The zero-order valence-electron chi connectivity index (χ0n) is 13.2. The predicted molar refractivity (Wildman–Crippen MR) is 84.4 cm³/mol. The van der Waals surface area contributed by atoms with E-state index in [1.807, 2.05) is 0 Å². The van der Waals surface area contributed by atoms with Crippen LogP contribution in [0.1, 0.15) is 52.0 Å². The Morgan fingerprint density at radius 1 is 1.14 bits per heavy atom. The smallest absolute Gasteiger partial charge is 0.310 e. The van der Waals surface area contributed by atoms with E-state index in [0.29, 0.717) is 23.9 Å². The summed E-state index contributed by atoms with van der Waals surface area (Å²) in [7, 11) is 0. The molecule has 1 amide bonds.